The third-order valence-electron chi connectivity index (χ3n) is 2.21. The van der Waals surface area contributed by atoms with Gasteiger partial charge in [-0.15, -0.1) is 0 Å². The number of furan rings is 1. The molecule has 1 heterocycles. The van der Waals surface area contributed by atoms with E-state index >= 15 is 0 Å². The average molecular weight is 256 g/mol. The maximum Gasteiger partial charge on any atom is 0.264 e. The lowest BCUT2D eigenvalue weighted by atomic mass is 10.2. The molecule has 0 amide bonds. The first kappa shape index (κ1) is 12.1. The van der Waals surface area contributed by atoms with Crippen LogP contribution in [0.3, 0.4) is 0 Å². The minimum absolute atomic E-state index is 0.287. The first-order valence-corrected chi connectivity index (χ1v) is 6.78. The zero-order chi connectivity index (χ0) is 12.5. The van der Waals surface area contributed by atoms with Crippen LogP contribution < -0.4 is 0 Å². The summed E-state index contributed by atoms with van der Waals surface area (Å²) in [4.78, 5) is 0. The van der Waals surface area contributed by atoms with Crippen LogP contribution in [0.1, 0.15) is 11.9 Å². The molecule has 1 aromatic heterocycles. The summed E-state index contributed by atoms with van der Waals surface area (Å²) in [6.45, 7) is -0.349. The molecule has 5 nitrogen and oxygen atoms in total. The van der Waals surface area contributed by atoms with Gasteiger partial charge < -0.3 is 9.52 Å². The number of hydrogen-bond acceptors (Lipinski definition) is 5. The van der Waals surface area contributed by atoms with E-state index in [2.05, 4.69) is 4.18 Å². The summed E-state index contributed by atoms with van der Waals surface area (Å²) in [5, 5.41) is 10.5. The molecule has 0 unspecified atom stereocenters. The molecule has 1 atom stereocenters. The second-order valence-corrected chi connectivity index (χ2v) is 5.33. The fourth-order valence-electron chi connectivity index (χ4n) is 1.44. The molecule has 0 aliphatic heterocycles. The van der Waals surface area contributed by atoms with Crippen molar-refractivity contribution in [1.29, 1.82) is 0 Å². The number of rotatable bonds is 4. The molecule has 1 N–H and O–H groups in total. The Balaban J connectivity index is 2.16. The van der Waals surface area contributed by atoms with E-state index in [1.54, 1.807) is 12.1 Å². The lowest BCUT2D eigenvalue weighted by Gasteiger charge is -2.06. The van der Waals surface area contributed by atoms with E-state index in [1.165, 1.54) is 0 Å². The molecular formula is C11H12O5S. The van der Waals surface area contributed by atoms with Crippen molar-refractivity contribution in [2.24, 2.45) is 0 Å². The summed E-state index contributed by atoms with van der Waals surface area (Å²) in [6, 6.07) is 8.93. The summed E-state index contributed by atoms with van der Waals surface area (Å²) in [6.07, 6.45) is -0.171. The van der Waals surface area contributed by atoms with Crippen LogP contribution in [0.15, 0.2) is 34.7 Å². The van der Waals surface area contributed by atoms with E-state index in [0.717, 1.165) is 11.6 Å². The normalized spacial score (nSPS) is 14.0. The van der Waals surface area contributed by atoms with Gasteiger partial charge in [0.25, 0.3) is 10.1 Å². The van der Waals surface area contributed by atoms with E-state index in [0.29, 0.717) is 5.58 Å². The van der Waals surface area contributed by atoms with E-state index < -0.39 is 16.2 Å². The van der Waals surface area contributed by atoms with Crippen molar-refractivity contribution in [2.45, 2.75) is 6.10 Å². The van der Waals surface area contributed by atoms with Gasteiger partial charge in [-0.25, -0.2) is 0 Å². The average Bonchev–Trinajstić information content (AvgIpc) is 2.68. The molecule has 2 aromatic rings. The number of aliphatic hydroxyl groups excluding tert-OH is 1. The summed E-state index contributed by atoms with van der Waals surface area (Å²) >= 11 is 0. The zero-order valence-electron chi connectivity index (χ0n) is 9.16. The van der Waals surface area contributed by atoms with E-state index in [9.17, 15) is 13.5 Å². The molecule has 0 radical (unpaired) electrons. The highest BCUT2D eigenvalue weighted by Crippen LogP contribution is 2.24. The van der Waals surface area contributed by atoms with Gasteiger partial charge in [-0.1, -0.05) is 18.2 Å². The fraction of sp³-hybridized carbons (Fsp3) is 0.273. The maximum absolute atomic E-state index is 10.8. The molecule has 0 aliphatic carbocycles. The van der Waals surface area contributed by atoms with Crippen LogP contribution in [0.2, 0.25) is 0 Å². The first-order valence-electron chi connectivity index (χ1n) is 4.96. The van der Waals surface area contributed by atoms with Crippen molar-refractivity contribution in [3.05, 3.63) is 36.1 Å². The highest BCUT2D eigenvalue weighted by molar-refractivity contribution is 7.85. The number of fused-ring (bicyclic) bond motifs is 1. The highest BCUT2D eigenvalue weighted by Gasteiger charge is 2.15. The van der Waals surface area contributed by atoms with Gasteiger partial charge in [0.2, 0.25) is 0 Å². The Hall–Kier alpha value is -1.37. The van der Waals surface area contributed by atoms with Gasteiger partial charge in [0.1, 0.15) is 17.4 Å². The third-order valence-corrected chi connectivity index (χ3v) is 2.78. The number of hydrogen-bond donors (Lipinski definition) is 1. The van der Waals surface area contributed by atoms with Crippen molar-refractivity contribution in [1.82, 2.24) is 0 Å². The second kappa shape index (κ2) is 4.48. The minimum Gasteiger partial charge on any atom is -0.458 e. The van der Waals surface area contributed by atoms with Crippen LogP contribution in [0.25, 0.3) is 11.0 Å². The van der Waals surface area contributed by atoms with Gasteiger partial charge in [-0.3, -0.25) is 4.18 Å². The standard InChI is InChI=1S/C11H12O5S/c1-17(13,14)15-7-9(12)11-6-8-4-2-3-5-10(8)16-11/h2-6,9,12H,7H2,1H3/t9-/m1/s1. The van der Waals surface area contributed by atoms with Gasteiger partial charge in [0, 0.05) is 5.39 Å². The van der Waals surface area contributed by atoms with Crippen molar-refractivity contribution < 1.29 is 22.1 Å². The van der Waals surface area contributed by atoms with Gasteiger partial charge in [-0.05, 0) is 12.1 Å². The smallest absolute Gasteiger partial charge is 0.264 e. The molecule has 92 valence electrons. The van der Waals surface area contributed by atoms with Crippen molar-refractivity contribution in [2.75, 3.05) is 12.9 Å². The quantitative estimate of drug-likeness (QED) is 0.838. The van der Waals surface area contributed by atoms with Crippen LogP contribution in [-0.4, -0.2) is 26.4 Å². The lowest BCUT2D eigenvalue weighted by molar-refractivity contribution is 0.0937. The Morgan fingerprint density at radius 2 is 2.12 bits per heavy atom. The second-order valence-electron chi connectivity index (χ2n) is 3.69. The zero-order valence-corrected chi connectivity index (χ0v) is 9.98. The van der Waals surface area contributed by atoms with Crippen molar-refractivity contribution >= 4 is 21.1 Å². The lowest BCUT2D eigenvalue weighted by Crippen LogP contribution is -2.11. The van der Waals surface area contributed by atoms with E-state index in [1.807, 2.05) is 18.2 Å². The summed E-state index contributed by atoms with van der Waals surface area (Å²) < 4.78 is 31.4. The Morgan fingerprint density at radius 1 is 1.41 bits per heavy atom. The molecule has 0 spiro atoms. The van der Waals surface area contributed by atoms with Crippen LogP contribution in [0.5, 0.6) is 0 Å². The third kappa shape index (κ3) is 3.06. The monoisotopic (exact) mass is 256 g/mol. The first-order chi connectivity index (χ1) is 7.96. The summed E-state index contributed by atoms with van der Waals surface area (Å²) in [5.74, 6) is 0.287. The number of benzene rings is 1. The van der Waals surface area contributed by atoms with Crippen LogP contribution in [-0.2, 0) is 14.3 Å². The van der Waals surface area contributed by atoms with Crippen LogP contribution >= 0.6 is 0 Å². The summed E-state index contributed by atoms with van der Waals surface area (Å²) in [7, 11) is -3.56. The Kier molecular flexibility index (Phi) is 3.19. The maximum atomic E-state index is 10.8. The van der Waals surface area contributed by atoms with Crippen LogP contribution in [0, 0.1) is 0 Å². The highest BCUT2D eigenvalue weighted by atomic mass is 32.2. The SMILES string of the molecule is CS(=O)(=O)OC[C@@H](O)c1cc2ccccc2o1. The van der Waals surface area contributed by atoms with Crippen molar-refractivity contribution in [3.8, 4) is 0 Å². The van der Waals surface area contributed by atoms with E-state index in [4.69, 9.17) is 4.42 Å². The topological polar surface area (TPSA) is 76.7 Å². The fourth-order valence-corrected chi connectivity index (χ4v) is 1.81. The number of para-hydroxylation sites is 1. The molecule has 0 aliphatic rings. The minimum atomic E-state index is -3.56. The Labute approximate surface area is 98.7 Å². The Morgan fingerprint density at radius 3 is 2.76 bits per heavy atom. The largest absolute Gasteiger partial charge is 0.458 e. The predicted octanol–water partition coefficient (Wildman–Crippen LogP) is 1.44. The molecule has 0 saturated carbocycles. The molecule has 0 saturated heterocycles. The molecule has 0 fully saturated rings. The van der Waals surface area contributed by atoms with E-state index in [-0.39, 0.29) is 12.4 Å². The van der Waals surface area contributed by atoms with Crippen LogP contribution in [0.4, 0.5) is 0 Å². The molecule has 6 heteroatoms. The molecule has 0 bridgehead atoms. The van der Waals surface area contributed by atoms with Gasteiger partial charge in [-0.2, -0.15) is 8.42 Å². The molecule has 1 aromatic carbocycles. The van der Waals surface area contributed by atoms with Crippen molar-refractivity contribution in [3.63, 3.8) is 0 Å². The Bertz CT molecular complexity index is 581. The van der Waals surface area contributed by atoms with Gasteiger partial charge >= 0.3 is 0 Å². The molecular weight excluding hydrogens is 244 g/mol. The molecule has 17 heavy (non-hydrogen) atoms. The van der Waals surface area contributed by atoms with Gasteiger partial charge in [0.15, 0.2) is 0 Å². The number of aliphatic hydroxyl groups is 1. The van der Waals surface area contributed by atoms with Gasteiger partial charge in [0.05, 0.1) is 12.9 Å². The molecule has 2 rings (SSSR count). The predicted molar refractivity (Wildman–Crippen MR) is 62.0 cm³/mol. The summed E-state index contributed by atoms with van der Waals surface area (Å²) in [5.41, 5.74) is 0.640.